The summed E-state index contributed by atoms with van der Waals surface area (Å²) in [5.74, 6) is -1.83. The fourth-order valence-corrected chi connectivity index (χ4v) is 4.79. The maximum absolute atomic E-state index is 14.7. The molecular weight excluding hydrogens is 507 g/mol. The number of carbonyl (C=O) groups is 2. The van der Waals surface area contributed by atoms with Crippen LogP contribution in [0.4, 0.5) is 10.1 Å². The molecule has 2 atom stereocenters. The van der Waals surface area contributed by atoms with Gasteiger partial charge in [-0.2, -0.15) is 12.7 Å². The number of amides is 2. The van der Waals surface area contributed by atoms with Crippen LogP contribution in [0.2, 0.25) is 5.02 Å². The maximum atomic E-state index is 14.7. The number of hydrogen-bond acceptors (Lipinski definition) is 4. The minimum Gasteiger partial charge on any atom is -0.352 e. The highest BCUT2D eigenvalue weighted by Gasteiger charge is 2.35. The first-order chi connectivity index (χ1) is 16.9. The largest absolute Gasteiger partial charge is 0.352 e. The normalized spacial score (nSPS) is 13.2. The molecule has 0 heterocycles. The number of nitrogens with zero attached hydrogens (tertiary/aromatic N) is 3. The molecule has 36 heavy (non-hydrogen) atoms. The Labute approximate surface area is 218 Å². The fraction of sp³-hybridized carbons (Fsp3) is 0.440. The van der Waals surface area contributed by atoms with Crippen LogP contribution in [0.3, 0.4) is 0 Å². The van der Waals surface area contributed by atoms with Crippen LogP contribution < -0.4 is 9.62 Å². The number of para-hydroxylation sites is 1. The van der Waals surface area contributed by atoms with Crippen molar-refractivity contribution in [3.8, 4) is 0 Å². The summed E-state index contributed by atoms with van der Waals surface area (Å²) in [5, 5.41) is 3.30. The van der Waals surface area contributed by atoms with Crippen LogP contribution >= 0.6 is 11.6 Å². The lowest BCUT2D eigenvalue weighted by atomic mass is 10.1. The Kier molecular flexibility index (Phi) is 10.7. The molecule has 0 saturated heterocycles. The molecule has 0 spiro atoms. The summed E-state index contributed by atoms with van der Waals surface area (Å²) in [7, 11) is -1.66. The molecule has 1 N–H and O–H groups in total. The molecule has 0 aliphatic carbocycles. The minimum atomic E-state index is -4.25. The quantitative estimate of drug-likeness (QED) is 0.443. The molecule has 0 bridgehead atoms. The van der Waals surface area contributed by atoms with E-state index < -0.39 is 34.5 Å². The van der Waals surface area contributed by atoms with E-state index in [2.05, 4.69) is 5.32 Å². The van der Waals surface area contributed by atoms with Crippen LogP contribution in [0.15, 0.2) is 48.5 Å². The molecule has 0 saturated carbocycles. The van der Waals surface area contributed by atoms with Crippen LogP contribution in [-0.4, -0.2) is 62.2 Å². The van der Waals surface area contributed by atoms with Crippen molar-refractivity contribution in [2.75, 3.05) is 24.9 Å². The summed E-state index contributed by atoms with van der Waals surface area (Å²) in [5.41, 5.74) is 0.324. The number of hydrogen-bond donors (Lipinski definition) is 1. The highest BCUT2D eigenvalue weighted by Crippen LogP contribution is 2.25. The average molecular weight is 541 g/mol. The second-order valence-electron chi connectivity index (χ2n) is 8.60. The van der Waals surface area contributed by atoms with E-state index >= 15 is 0 Å². The highest BCUT2D eigenvalue weighted by molar-refractivity contribution is 7.90. The topological polar surface area (TPSA) is 90.0 Å². The van der Waals surface area contributed by atoms with Gasteiger partial charge in [-0.1, -0.05) is 55.8 Å². The molecule has 0 unspecified atom stereocenters. The molecule has 0 fully saturated rings. The SMILES string of the molecule is CC[C@@H](C)NC(=O)[C@@H](CC)N(Cc1ccccc1Cl)C(=O)CN(c1ccccc1F)S(=O)(=O)N(C)C. The number of nitrogens with one attached hydrogen (secondary N) is 1. The summed E-state index contributed by atoms with van der Waals surface area (Å²) in [6, 6.07) is 11.2. The lowest BCUT2D eigenvalue weighted by molar-refractivity contribution is -0.140. The number of carbonyl (C=O) groups excluding carboxylic acids is 2. The second kappa shape index (κ2) is 13.0. The van der Waals surface area contributed by atoms with E-state index in [4.69, 9.17) is 11.6 Å². The zero-order chi connectivity index (χ0) is 27.0. The van der Waals surface area contributed by atoms with Gasteiger partial charge in [-0.05, 0) is 43.5 Å². The summed E-state index contributed by atoms with van der Waals surface area (Å²) in [6.45, 7) is 4.81. The zero-order valence-corrected chi connectivity index (χ0v) is 22.8. The van der Waals surface area contributed by atoms with E-state index in [1.165, 1.54) is 37.2 Å². The number of anilines is 1. The Morgan fingerprint density at radius 1 is 1.03 bits per heavy atom. The van der Waals surface area contributed by atoms with Gasteiger partial charge in [0.2, 0.25) is 11.8 Å². The van der Waals surface area contributed by atoms with Crippen LogP contribution in [0.1, 0.15) is 39.2 Å². The van der Waals surface area contributed by atoms with Gasteiger partial charge in [0.25, 0.3) is 0 Å². The first-order valence-electron chi connectivity index (χ1n) is 11.7. The monoisotopic (exact) mass is 540 g/mol. The molecule has 2 amide bonds. The Morgan fingerprint density at radius 2 is 1.64 bits per heavy atom. The van der Waals surface area contributed by atoms with E-state index in [-0.39, 0.29) is 30.6 Å². The average Bonchev–Trinajstić information content (AvgIpc) is 2.83. The van der Waals surface area contributed by atoms with Crippen molar-refractivity contribution in [3.63, 3.8) is 0 Å². The van der Waals surface area contributed by atoms with Crippen molar-refractivity contribution in [2.24, 2.45) is 0 Å². The first-order valence-corrected chi connectivity index (χ1v) is 13.5. The van der Waals surface area contributed by atoms with Gasteiger partial charge in [0.05, 0.1) is 5.69 Å². The summed E-state index contributed by atoms with van der Waals surface area (Å²) < 4.78 is 42.6. The molecule has 0 radical (unpaired) electrons. The van der Waals surface area contributed by atoms with Crippen LogP contribution in [0, 0.1) is 5.82 Å². The number of benzene rings is 2. The van der Waals surface area contributed by atoms with Crippen molar-refractivity contribution in [1.82, 2.24) is 14.5 Å². The van der Waals surface area contributed by atoms with Crippen LogP contribution in [0.5, 0.6) is 0 Å². The molecule has 0 aliphatic heterocycles. The van der Waals surface area contributed by atoms with E-state index in [1.807, 2.05) is 13.8 Å². The fourth-order valence-electron chi connectivity index (χ4n) is 3.53. The maximum Gasteiger partial charge on any atom is 0.304 e. The van der Waals surface area contributed by atoms with Gasteiger partial charge in [-0.25, -0.2) is 8.70 Å². The molecule has 0 aromatic heterocycles. The Hall–Kier alpha value is -2.69. The van der Waals surface area contributed by atoms with Crippen molar-refractivity contribution in [2.45, 2.75) is 52.2 Å². The third-order valence-electron chi connectivity index (χ3n) is 5.83. The van der Waals surface area contributed by atoms with E-state index in [0.29, 0.717) is 21.3 Å². The van der Waals surface area contributed by atoms with Gasteiger partial charge >= 0.3 is 10.2 Å². The molecule has 198 valence electrons. The van der Waals surface area contributed by atoms with E-state index in [0.717, 1.165) is 10.4 Å². The van der Waals surface area contributed by atoms with E-state index in [9.17, 15) is 22.4 Å². The summed E-state index contributed by atoms with van der Waals surface area (Å²) in [4.78, 5) is 28.2. The molecular formula is C25H34ClFN4O4S. The Morgan fingerprint density at radius 3 is 2.19 bits per heavy atom. The standard InChI is InChI=1S/C25H34ClFN4O4S/c1-6-18(3)28-25(33)22(7-2)30(16-19-12-8-9-13-20(19)26)24(32)17-31(36(34,35)29(4)5)23-15-11-10-14-21(23)27/h8-15,18,22H,6-7,16-17H2,1-5H3,(H,28,33)/t18-,22-/m1/s1. The van der Waals surface area contributed by atoms with Crippen LogP contribution in [0.25, 0.3) is 0 Å². The molecule has 0 aliphatic rings. The smallest absolute Gasteiger partial charge is 0.304 e. The van der Waals surface area contributed by atoms with Crippen LogP contribution in [-0.2, 0) is 26.3 Å². The van der Waals surface area contributed by atoms with E-state index in [1.54, 1.807) is 31.2 Å². The minimum absolute atomic E-state index is 0.0297. The van der Waals surface area contributed by atoms with Gasteiger partial charge < -0.3 is 10.2 Å². The predicted molar refractivity (Wildman–Crippen MR) is 140 cm³/mol. The second-order valence-corrected chi connectivity index (χ2v) is 11.1. The lowest BCUT2D eigenvalue weighted by Gasteiger charge is -2.34. The zero-order valence-electron chi connectivity index (χ0n) is 21.2. The van der Waals surface area contributed by atoms with Gasteiger partial charge in [-0.3, -0.25) is 9.59 Å². The van der Waals surface area contributed by atoms with Crippen molar-refractivity contribution < 1.29 is 22.4 Å². The highest BCUT2D eigenvalue weighted by atomic mass is 35.5. The lowest BCUT2D eigenvalue weighted by Crippen LogP contribution is -2.54. The van der Waals surface area contributed by atoms with Crippen molar-refractivity contribution in [1.29, 1.82) is 0 Å². The van der Waals surface area contributed by atoms with Gasteiger partial charge in [0, 0.05) is 31.7 Å². The third-order valence-corrected chi connectivity index (χ3v) is 8.00. The number of halogens is 2. The summed E-state index contributed by atoms with van der Waals surface area (Å²) in [6.07, 6.45) is 0.974. The van der Waals surface area contributed by atoms with Gasteiger partial charge in [0.1, 0.15) is 18.4 Å². The molecule has 11 heteroatoms. The van der Waals surface area contributed by atoms with Gasteiger partial charge in [0.15, 0.2) is 0 Å². The van der Waals surface area contributed by atoms with Crippen molar-refractivity contribution in [3.05, 3.63) is 64.9 Å². The van der Waals surface area contributed by atoms with Crippen molar-refractivity contribution >= 4 is 39.3 Å². The number of rotatable bonds is 12. The predicted octanol–water partition coefficient (Wildman–Crippen LogP) is 3.81. The molecule has 2 rings (SSSR count). The first kappa shape index (κ1) is 29.5. The van der Waals surface area contributed by atoms with Gasteiger partial charge in [-0.15, -0.1) is 0 Å². The third kappa shape index (κ3) is 7.18. The summed E-state index contributed by atoms with van der Waals surface area (Å²) >= 11 is 6.34. The molecule has 8 nitrogen and oxygen atoms in total. The molecule has 2 aromatic carbocycles. The Bertz CT molecular complexity index is 1160. The molecule has 2 aromatic rings. The Balaban J connectivity index is 2.54.